The van der Waals surface area contributed by atoms with E-state index in [0.717, 1.165) is 44.7 Å². The summed E-state index contributed by atoms with van der Waals surface area (Å²) in [5.74, 6) is 0. The molecule has 4 heteroatoms. The third-order valence-corrected chi connectivity index (χ3v) is 6.01. The topological polar surface area (TPSA) is 42.5 Å². The molecule has 26 heavy (non-hydrogen) atoms. The number of fused-ring (bicyclic) bond motifs is 4. The average Bonchev–Trinajstić information content (AvgIpc) is 3.04. The van der Waals surface area contributed by atoms with Crippen LogP contribution < -0.4 is 0 Å². The number of piperazine rings is 1. The van der Waals surface area contributed by atoms with Crippen LogP contribution in [-0.2, 0) is 13.0 Å². The van der Waals surface area contributed by atoms with Crippen LogP contribution in [0.5, 0.6) is 0 Å². The van der Waals surface area contributed by atoms with Gasteiger partial charge in [0.1, 0.15) is 0 Å². The van der Waals surface area contributed by atoms with Crippen molar-refractivity contribution in [1.29, 1.82) is 0 Å². The number of β-amino-alcohol motifs (C(OH)–C–C–N with tert-alkyl or cyclic N) is 1. The zero-order chi connectivity index (χ0) is 17.5. The predicted molar refractivity (Wildman–Crippen MR) is 104 cm³/mol. The third kappa shape index (κ3) is 2.84. The van der Waals surface area contributed by atoms with Gasteiger partial charge in [0.15, 0.2) is 0 Å². The van der Waals surface area contributed by atoms with E-state index in [0.29, 0.717) is 6.04 Å². The fourth-order valence-corrected chi connectivity index (χ4v) is 4.61. The van der Waals surface area contributed by atoms with Gasteiger partial charge in [-0.05, 0) is 23.6 Å². The highest BCUT2D eigenvalue weighted by molar-refractivity contribution is 5.84. The van der Waals surface area contributed by atoms with E-state index in [1.54, 1.807) is 0 Å². The van der Waals surface area contributed by atoms with Gasteiger partial charge in [-0.1, -0.05) is 48.5 Å². The molecule has 2 aliphatic heterocycles. The van der Waals surface area contributed by atoms with Gasteiger partial charge in [-0.2, -0.15) is 0 Å². The van der Waals surface area contributed by atoms with E-state index in [-0.39, 0.29) is 0 Å². The van der Waals surface area contributed by atoms with Crippen LogP contribution in [0.3, 0.4) is 0 Å². The predicted octanol–water partition coefficient (Wildman–Crippen LogP) is 2.94. The average molecular weight is 347 g/mol. The zero-order valence-corrected chi connectivity index (χ0v) is 14.9. The number of aliphatic hydroxyl groups excluding tert-OH is 1. The number of H-pyrrole nitrogens is 1. The minimum Gasteiger partial charge on any atom is -0.387 e. The molecule has 1 fully saturated rings. The molecule has 0 radical (unpaired) electrons. The van der Waals surface area contributed by atoms with Crippen LogP contribution in [0.2, 0.25) is 0 Å². The lowest BCUT2D eigenvalue weighted by Gasteiger charge is -2.44. The summed E-state index contributed by atoms with van der Waals surface area (Å²) in [5, 5.41) is 12.0. The first-order chi connectivity index (χ1) is 12.8. The highest BCUT2D eigenvalue weighted by Crippen LogP contribution is 2.31. The Morgan fingerprint density at radius 2 is 1.85 bits per heavy atom. The molecule has 134 valence electrons. The third-order valence-electron chi connectivity index (χ3n) is 6.01. The summed E-state index contributed by atoms with van der Waals surface area (Å²) in [6.45, 7) is 4.86. The number of aromatic amines is 1. The van der Waals surface area contributed by atoms with Crippen molar-refractivity contribution >= 4 is 10.9 Å². The second kappa shape index (κ2) is 6.54. The van der Waals surface area contributed by atoms with Crippen LogP contribution in [0.25, 0.3) is 10.9 Å². The summed E-state index contributed by atoms with van der Waals surface area (Å²) in [5.41, 5.74) is 5.15. The monoisotopic (exact) mass is 347 g/mol. The normalized spacial score (nSPS) is 22.1. The lowest BCUT2D eigenvalue weighted by atomic mass is 9.94. The van der Waals surface area contributed by atoms with Crippen molar-refractivity contribution in [3.8, 4) is 0 Å². The molecule has 0 aliphatic carbocycles. The molecule has 2 N–H and O–H groups in total. The number of benzene rings is 2. The van der Waals surface area contributed by atoms with Crippen molar-refractivity contribution in [2.45, 2.75) is 25.1 Å². The minimum atomic E-state index is -0.407. The van der Waals surface area contributed by atoms with Crippen molar-refractivity contribution in [3.05, 3.63) is 71.4 Å². The smallest absolute Gasteiger partial charge is 0.0916 e. The van der Waals surface area contributed by atoms with E-state index in [1.165, 1.54) is 22.2 Å². The van der Waals surface area contributed by atoms with Gasteiger partial charge in [0.25, 0.3) is 0 Å². The van der Waals surface area contributed by atoms with E-state index in [1.807, 2.05) is 30.3 Å². The number of rotatable bonds is 3. The molecule has 3 heterocycles. The molecular formula is C22H25N3O. The molecule has 0 amide bonds. The van der Waals surface area contributed by atoms with Gasteiger partial charge in [-0.15, -0.1) is 0 Å². The van der Waals surface area contributed by atoms with Gasteiger partial charge in [-0.25, -0.2) is 0 Å². The Hall–Kier alpha value is -2.14. The summed E-state index contributed by atoms with van der Waals surface area (Å²) < 4.78 is 0. The number of nitrogens with zero attached hydrogens (tertiary/aromatic N) is 2. The van der Waals surface area contributed by atoms with Crippen LogP contribution >= 0.6 is 0 Å². The Labute approximate surface area is 154 Å². The van der Waals surface area contributed by atoms with Gasteiger partial charge >= 0.3 is 0 Å². The van der Waals surface area contributed by atoms with Crippen molar-refractivity contribution in [1.82, 2.24) is 14.8 Å². The molecular weight excluding hydrogens is 322 g/mol. The quantitative estimate of drug-likeness (QED) is 0.765. The van der Waals surface area contributed by atoms with E-state index in [9.17, 15) is 5.11 Å². The Kier molecular flexibility index (Phi) is 4.04. The van der Waals surface area contributed by atoms with Crippen molar-refractivity contribution in [3.63, 3.8) is 0 Å². The second-order valence-corrected chi connectivity index (χ2v) is 7.64. The standard InChI is InChI=1S/C22H25N3O/c26-22(16-6-2-1-3-7-16)15-24-10-11-25-14-21-19(12-17(25)13-24)18-8-4-5-9-20(18)23-21/h1-9,17,22-23,26H,10-15H2. The number of nitrogens with one attached hydrogen (secondary N) is 1. The van der Waals surface area contributed by atoms with Crippen molar-refractivity contribution < 1.29 is 5.11 Å². The van der Waals surface area contributed by atoms with Gasteiger partial charge in [0, 0.05) is 55.4 Å². The first kappa shape index (κ1) is 16.1. The van der Waals surface area contributed by atoms with Crippen molar-refractivity contribution in [2.75, 3.05) is 26.2 Å². The first-order valence-corrected chi connectivity index (χ1v) is 9.56. The first-order valence-electron chi connectivity index (χ1n) is 9.56. The Bertz CT molecular complexity index is 904. The lowest BCUT2D eigenvalue weighted by Crippen LogP contribution is -2.55. The van der Waals surface area contributed by atoms with Crippen LogP contribution in [0.1, 0.15) is 22.9 Å². The molecule has 2 unspecified atom stereocenters. The molecule has 0 saturated carbocycles. The van der Waals surface area contributed by atoms with Crippen LogP contribution in [0.15, 0.2) is 54.6 Å². The van der Waals surface area contributed by atoms with E-state index < -0.39 is 6.10 Å². The number of hydrogen-bond donors (Lipinski definition) is 2. The van der Waals surface area contributed by atoms with Gasteiger partial charge in [0.2, 0.25) is 0 Å². The summed E-state index contributed by atoms with van der Waals surface area (Å²) in [7, 11) is 0. The highest BCUT2D eigenvalue weighted by atomic mass is 16.3. The maximum absolute atomic E-state index is 10.6. The zero-order valence-electron chi connectivity index (χ0n) is 14.9. The summed E-state index contributed by atoms with van der Waals surface area (Å²) in [6, 6.07) is 19.2. The van der Waals surface area contributed by atoms with Gasteiger partial charge in [0.05, 0.1) is 6.10 Å². The fourth-order valence-electron chi connectivity index (χ4n) is 4.61. The number of para-hydroxylation sites is 1. The van der Waals surface area contributed by atoms with E-state index >= 15 is 0 Å². The molecule has 0 bridgehead atoms. The molecule has 5 rings (SSSR count). The summed E-state index contributed by atoms with van der Waals surface area (Å²) in [4.78, 5) is 8.65. The number of aromatic nitrogens is 1. The molecule has 1 saturated heterocycles. The van der Waals surface area contributed by atoms with Crippen molar-refractivity contribution in [2.24, 2.45) is 0 Å². The Balaban J connectivity index is 1.32. The molecule has 4 nitrogen and oxygen atoms in total. The Morgan fingerprint density at radius 1 is 1.04 bits per heavy atom. The van der Waals surface area contributed by atoms with Crippen LogP contribution in [0, 0.1) is 0 Å². The van der Waals surface area contributed by atoms with Gasteiger partial charge in [-0.3, -0.25) is 9.80 Å². The molecule has 3 aromatic rings. The molecule has 2 atom stereocenters. The van der Waals surface area contributed by atoms with E-state index in [4.69, 9.17) is 0 Å². The lowest BCUT2D eigenvalue weighted by molar-refractivity contribution is 0.0303. The highest BCUT2D eigenvalue weighted by Gasteiger charge is 2.33. The minimum absolute atomic E-state index is 0.407. The maximum atomic E-state index is 10.6. The molecule has 1 aromatic heterocycles. The second-order valence-electron chi connectivity index (χ2n) is 7.64. The largest absolute Gasteiger partial charge is 0.387 e. The summed E-state index contributed by atoms with van der Waals surface area (Å²) in [6.07, 6.45) is 0.687. The number of aliphatic hydroxyl groups is 1. The Morgan fingerprint density at radius 3 is 2.73 bits per heavy atom. The summed E-state index contributed by atoms with van der Waals surface area (Å²) >= 11 is 0. The molecule has 2 aliphatic rings. The number of hydrogen-bond acceptors (Lipinski definition) is 3. The molecule has 0 spiro atoms. The van der Waals surface area contributed by atoms with Crippen LogP contribution in [-0.4, -0.2) is 52.1 Å². The maximum Gasteiger partial charge on any atom is 0.0916 e. The molecule has 2 aromatic carbocycles. The van der Waals surface area contributed by atoms with Crippen LogP contribution in [0.4, 0.5) is 0 Å². The fraction of sp³-hybridized carbons (Fsp3) is 0.364. The SMILES string of the molecule is OC(CN1CCN2Cc3[nH]c4ccccc4c3CC2C1)c1ccccc1. The van der Waals surface area contributed by atoms with Gasteiger partial charge < -0.3 is 10.1 Å². The van der Waals surface area contributed by atoms with E-state index in [2.05, 4.69) is 39.0 Å².